The number of aromatic nitrogens is 1. The van der Waals surface area contributed by atoms with Gasteiger partial charge in [0.2, 0.25) is 0 Å². The molecule has 0 spiro atoms. The van der Waals surface area contributed by atoms with Crippen molar-refractivity contribution in [3.63, 3.8) is 0 Å². The molecular formula is C15H21N3O. The van der Waals surface area contributed by atoms with E-state index in [1.165, 1.54) is 12.8 Å². The molecule has 0 radical (unpaired) electrons. The van der Waals surface area contributed by atoms with Crippen LogP contribution < -0.4 is 5.73 Å². The van der Waals surface area contributed by atoms with Crippen molar-refractivity contribution in [2.45, 2.75) is 32.2 Å². The molecule has 4 nitrogen and oxygen atoms in total. The number of amides is 1. The maximum atomic E-state index is 12.5. The van der Waals surface area contributed by atoms with Crippen molar-refractivity contribution in [2.75, 3.05) is 13.1 Å². The normalized spacial score (nSPS) is 30.2. The molecule has 1 aromatic rings. The highest BCUT2D eigenvalue weighted by Gasteiger charge is 2.40. The molecule has 1 saturated heterocycles. The van der Waals surface area contributed by atoms with Gasteiger partial charge in [0.1, 0.15) is 0 Å². The van der Waals surface area contributed by atoms with Gasteiger partial charge in [-0.15, -0.1) is 0 Å². The number of fused-ring (bicyclic) bond motifs is 1. The Bertz CT molecular complexity index is 488. The fourth-order valence-electron chi connectivity index (χ4n) is 3.54. The third kappa shape index (κ3) is 2.37. The van der Waals surface area contributed by atoms with Crippen LogP contribution in [0.25, 0.3) is 0 Å². The molecule has 0 bridgehead atoms. The monoisotopic (exact) mass is 259 g/mol. The van der Waals surface area contributed by atoms with E-state index in [1.807, 2.05) is 17.9 Å². The van der Waals surface area contributed by atoms with Gasteiger partial charge in [0.25, 0.3) is 5.91 Å². The van der Waals surface area contributed by atoms with Gasteiger partial charge in [-0.05, 0) is 43.7 Å². The Balaban J connectivity index is 1.75. The predicted octanol–water partition coefficient (Wildman–Crippen LogP) is 1.59. The molecule has 4 heteroatoms. The minimum atomic E-state index is 0.132. The van der Waals surface area contributed by atoms with Crippen LogP contribution in [0.4, 0.5) is 0 Å². The molecule has 2 N–H and O–H groups in total. The van der Waals surface area contributed by atoms with E-state index in [-0.39, 0.29) is 11.9 Å². The van der Waals surface area contributed by atoms with Crippen molar-refractivity contribution < 1.29 is 4.79 Å². The molecule has 102 valence electrons. The summed E-state index contributed by atoms with van der Waals surface area (Å²) in [7, 11) is 0. The molecule has 3 rings (SSSR count). The molecule has 2 heterocycles. The van der Waals surface area contributed by atoms with E-state index in [9.17, 15) is 4.79 Å². The summed E-state index contributed by atoms with van der Waals surface area (Å²) in [6.07, 6.45) is 5.24. The molecular weight excluding hydrogens is 238 g/mol. The summed E-state index contributed by atoms with van der Waals surface area (Å²) in [5.74, 6) is 1.24. The number of hydrogen-bond acceptors (Lipinski definition) is 3. The van der Waals surface area contributed by atoms with E-state index in [2.05, 4.69) is 4.98 Å². The van der Waals surface area contributed by atoms with Gasteiger partial charge in [0, 0.05) is 36.6 Å². The largest absolute Gasteiger partial charge is 0.338 e. The second-order valence-electron chi connectivity index (χ2n) is 5.91. The predicted molar refractivity (Wildman–Crippen MR) is 73.7 cm³/mol. The Morgan fingerprint density at radius 3 is 3.00 bits per heavy atom. The molecule has 2 aliphatic rings. The zero-order chi connectivity index (χ0) is 13.4. The van der Waals surface area contributed by atoms with Gasteiger partial charge >= 0.3 is 0 Å². The number of aryl methyl sites for hydroxylation is 1. The zero-order valence-electron chi connectivity index (χ0n) is 11.4. The second-order valence-corrected chi connectivity index (χ2v) is 5.91. The topological polar surface area (TPSA) is 59.2 Å². The van der Waals surface area contributed by atoms with Crippen LogP contribution in [0, 0.1) is 18.8 Å². The fraction of sp³-hybridized carbons (Fsp3) is 0.600. The summed E-state index contributed by atoms with van der Waals surface area (Å²) in [5.41, 5.74) is 7.83. The first kappa shape index (κ1) is 12.6. The van der Waals surface area contributed by atoms with Crippen LogP contribution in [0.2, 0.25) is 0 Å². The molecule has 0 aromatic carbocycles. The maximum absolute atomic E-state index is 12.5. The van der Waals surface area contributed by atoms with Gasteiger partial charge in [0.15, 0.2) is 0 Å². The minimum absolute atomic E-state index is 0.132. The number of nitrogens with zero attached hydrogens (tertiary/aromatic N) is 2. The van der Waals surface area contributed by atoms with Crippen LogP contribution in [-0.4, -0.2) is 34.9 Å². The minimum Gasteiger partial charge on any atom is -0.338 e. The average Bonchev–Trinajstić information content (AvgIpc) is 2.83. The zero-order valence-corrected chi connectivity index (χ0v) is 11.4. The van der Waals surface area contributed by atoms with Gasteiger partial charge in [0.05, 0.1) is 0 Å². The smallest absolute Gasteiger partial charge is 0.253 e. The number of hydrogen-bond donors (Lipinski definition) is 1. The van der Waals surface area contributed by atoms with E-state index < -0.39 is 0 Å². The number of carbonyl (C=O) groups excluding carboxylic acids is 1. The highest BCUT2D eigenvalue weighted by Crippen LogP contribution is 2.35. The van der Waals surface area contributed by atoms with E-state index in [4.69, 9.17) is 5.73 Å². The van der Waals surface area contributed by atoms with E-state index in [0.29, 0.717) is 11.8 Å². The summed E-state index contributed by atoms with van der Waals surface area (Å²) >= 11 is 0. The Morgan fingerprint density at radius 2 is 2.26 bits per heavy atom. The van der Waals surface area contributed by atoms with Crippen LogP contribution >= 0.6 is 0 Å². The lowest BCUT2D eigenvalue weighted by atomic mass is 9.78. The van der Waals surface area contributed by atoms with Crippen LogP contribution in [0.3, 0.4) is 0 Å². The third-order valence-electron chi connectivity index (χ3n) is 4.58. The van der Waals surface area contributed by atoms with Crippen molar-refractivity contribution >= 4 is 5.91 Å². The number of likely N-dealkylation sites (tertiary alicyclic amines) is 1. The Morgan fingerprint density at radius 1 is 1.42 bits per heavy atom. The molecule has 3 unspecified atom stereocenters. The van der Waals surface area contributed by atoms with Crippen LogP contribution in [0.5, 0.6) is 0 Å². The molecule has 1 aromatic heterocycles. The van der Waals surface area contributed by atoms with E-state index in [1.54, 1.807) is 12.3 Å². The lowest BCUT2D eigenvalue weighted by Gasteiger charge is -2.29. The van der Waals surface area contributed by atoms with E-state index in [0.717, 1.165) is 30.8 Å². The first-order valence-electron chi connectivity index (χ1n) is 7.12. The highest BCUT2D eigenvalue weighted by molar-refractivity contribution is 5.94. The van der Waals surface area contributed by atoms with Gasteiger partial charge in [-0.1, -0.05) is 6.42 Å². The van der Waals surface area contributed by atoms with Crippen molar-refractivity contribution in [3.8, 4) is 0 Å². The molecule has 1 aliphatic heterocycles. The van der Waals surface area contributed by atoms with Crippen LogP contribution in [0.1, 0.15) is 35.3 Å². The lowest BCUT2D eigenvalue weighted by Crippen LogP contribution is -2.38. The molecule has 19 heavy (non-hydrogen) atoms. The molecule has 1 saturated carbocycles. The number of carbonyl (C=O) groups is 1. The van der Waals surface area contributed by atoms with Gasteiger partial charge in [-0.2, -0.15) is 0 Å². The van der Waals surface area contributed by atoms with Crippen molar-refractivity contribution in [3.05, 3.63) is 29.6 Å². The van der Waals surface area contributed by atoms with Crippen LogP contribution in [-0.2, 0) is 0 Å². The lowest BCUT2D eigenvalue weighted by molar-refractivity contribution is 0.0783. The van der Waals surface area contributed by atoms with Crippen molar-refractivity contribution in [1.82, 2.24) is 9.88 Å². The molecule has 1 amide bonds. The average molecular weight is 259 g/mol. The summed E-state index contributed by atoms with van der Waals surface area (Å²) in [6.45, 7) is 3.61. The fourth-order valence-corrected chi connectivity index (χ4v) is 3.54. The van der Waals surface area contributed by atoms with Gasteiger partial charge in [-0.25, -0.2) is 0 Å². The summed E-state index contributed by atoms with van der Waals surface area (Å²) < 4.78 is 0. The second kappa shape index (κ2) is 4.93. The Hall–Kier alpha value is -1.42. The Labute approximate surface area is 114 Å². The maximum Gasteiger partial charge on any atom is 0.253 e. The van der Waals surface area contributed by atoms with Crippen molar-refractivity contribution in [2.24, 2.45) is 17.6 Å². The number of pyridine rings is 1. The molecule has 2 fully saturated rings. The quantitative estimate of drug-likeness (QED) is 0.833. The summed E-state index contributed by atoms with van der Waals surface area (Å²) in [6, 6.07) is 3.94. The summed E-state index contributed by atoms with van der Waals surface area (Å²) in [4.78, 5) is 18.6. The summed E-state index contributed by atoms with van der Waals surface area (Å²) in [5, 5.41) is 0. The standard InChI is InChI=1S/C15H21N3O/c1-10-7-11(5-6-17-10)15(19)18-8-12-3-2-4-14(16)13(12)9-18/h5-7,12-14H,2-4,8-9,16H2,1H3. The van der Waals surface area contributed by atoms with Crippen LogP contribution in [0.15, 0.2) is 18.3 Å². The first-order chi connectivity index (χ1) is 9.15. The van der Waals surface area contributed by atoms with Gasteiger partial charge in [-0.3, -0.25) is 9.78 Å². The SMILES string of the molecule is Cc1cc(C(=O)N2CC3CCCC(N)C3C2)ccn1. The number of rotatable bonds is 1. The highest BCUT2D eigenvalue weighted by atomic mass is 16.2. The third-order valence-corrected chi connectivity index (χ3v) is 4.58. The molecule has 3 atom stereocenters. The first-order valence-corrected chi connectivity index (χ1v) is 7.12. The van der Waals surface area contributed by atoms with Crippen molar-refractivity contribution in [1.29, 1.82) is 0 Å². The van der Waals surface area contributed by atoms with E-state index >= 15 is 0 Å². The Kier molecular flexibility index (Phi) is 3.27. The molecule has 1 aliphatic carbocycles. The number of nitrogens with two attached hydrogens (primary N) is 1. The van der Waals surface area contributed by atoms with Gasteiger partial charge < -0.3 is 10.6 Å².